The molecule has 3 aliphatic carbocycles. The number of carboxylic acid groups (broad SMARTS) is 1. The van der Waals surface area contributed by atoms with Crippen molar-refractivity contribution in [2.75, 3.05) is 0 Å². The third kappa shape index (κ3) is 7.60. The van der Waals surface area contributed by atoms with E-state index in [1.165, 1.54) is 11.1 Å². The summed E-state index contributed by atoms with van der Waals surface area (Å²) >= 11 is 0. The van der Waals surface area contributed by atoms with Gasteiger partial charge in [0.2, 0.25) is 0 Å². The van der Waals surface area contributed by atoms with Crippen LogP contribution >= 0.6 is 0 Å². The molecular weight excluding hydrogens is 655 g/mol. The minimum atomic E-state index is -6.94. The second-order valence-electron chi connectivity index (χ2n) is 14.8. The molecule has 0 aliphatic heterocycles. The van der Waals surface area contributed by atoms with Gasteiger partial charge in [-0.25, -0.2) is 0 Å². The molecule has 0 radical (unpaired) electrons. The summed E-state index contributed by atoms with van der Waals surface area (Å²) in [5.74, 6) is -19.9. The molecule has 4 rings (SSSR count). The van der Waals surface area contributed by atoms with Crippen LogP contribution in [0.5, 0.6) is 5.75 Å². The third-order valence-electron chi connectivity index (χ3n) is 11.8. The molecule has 2 fully saturated rings. The van der Waals surface area contributed by atoms with Crippen LogP contribution in [0.25, 0.3) is 0 Å². The first kappa shape index (κ1) is 38.6. The number of benzene rings is 1. The van der Waals surface area contributed by atoms with Gasteiger partial charge in [-0.2, -0.15) is 39.5 Å². The Balaban J connectivity index is 1.20. The number of aliphatic hydroxyl groups is 1. The van der Waals surface area contributed by atoms with Crippen LogP contribution in [0.2, 0.25) is 0 Å². The average molecular weight is 703 g/mol. The van der Waals surface area contributed by atoms with Gasteiger partial charge < -0.3 is 15.3 Å². The second-order valence-corrected chi connectivity index (χ2v) is 14.8. The fourth-order valence-electron chi connectivity index (χ4n) is 9.06. The van der Waals surface area contributed by atoms with E-state index in [9.17, 15) is 59.6 Å². The second kappa shape index (κ2) is 14.6. The number of fused-ring (bicyclic) bond motifs is 5. The van der Waals surface area contributed by atoms with E-state index in [2.05, 4.69) is 13.0 Å². The first-order valence-corrected chi connectivity index (χ1v) is 17.2. The quantitative estimate of drug-likeness (QED) is 0.118. The summed E-state index contributed by atoms with van der Waals surface area (Å²) < 4.78 is 118. The summed E-state index contributed by atoms with van der Waals surface area (Å²) in [6.45, 7) is 2.23. The van der Waals surface area contributed by atoms with Crippen molar-refractivity contribution in [2.24, 2.45) is 29.1 Å². The molecule has 0 saturated heterocycles. The van der Waals surface area contributed by atoms with E-state index in [1.807, 2.05) is 6.07 Å². The van der Waals surface area contributed by atoms with Crippen molar-refractivity contribution in [2.45, 2.75) is 146 Å². The standard InChI is InChI=1S/C35H47F9O4/c1-31-18-16-26-25-13-12-24(45)20-23(25)19-22(29(26)27(31)14-15-28(31)46)10-7-5-3-2-4-6-9-21(30(47)48)11-8-17-32(36,37)33(38,39)34(40,41)35(42,43)44/h12-13,20-22,26-29,45-46H,2-11,14-19H2,1H3,(H,47,48)/t21-,22?,26+,27-,28?,29+,31-/m0/s1. The number of aliphatic carboxylic acids is 1. The van der Waals surface area contributed by atoms with E-state index in [0.717, 1.165) is 64.2 Å². The molecule has 3 N–H and O–H groups in total. The normalized spacial score (nSPS) is 28.4. The molecule has 0 aromatic heterocycles. The molecule has 1 aromatic carbocycles. The molecule has 7 atom stereocenters. The molecule has 13 heteroatoms. The predicted molar refractivity (Wildman–Crippen MR) is 160 cm³/mol. The minimum Gasteiger partial charge on any atom is -0.508 e. The number of alkyl halides is 9. The number of carbonyl (C=O) groups is 1. The van der Waals surface area contributed by atoms with Crippen molar-refractivity contribution in [3.63, 3.8) is 0 Å². The topological polar surface area (TPSA) is 77.8 Å². The minimum absolute atomic E-state index is 0.0411. The van der Waals surface area contributed by atoms with Gasteiger partial charge in [-0.3, -0.25) is 4.79 Å². The number of aliphatic hydroxyl groups excluding tert-OH is 1. The van der Waals surface area contributed by atoms with Gasteiger partial charge in [0.15, 0.2) is 0 Å². The lowest BCUT2D eigenvalue weighted by Crippen LogP contribution is -2.60. The molecule has 2 unspecified atom stereocenters. The lowest BCUT2D eigenvalue weighted by molar-refractivity contribution is -0.396. The highest BCUT2D eigenvalue weighted by molar-refractivity contribution is 5.69. The number of hydrogen-bond donors (Lipinski definition) is 3. The summed E-state index contributed by atoms with van der Waals surface area (Å²) in [6, 6.07) is 5.71. The van der Waals surface area contributed by atoms with E-state index < -0.39 is 55.1 Å². The lowest BCUT2D eigenvalue weighted by Gasteiger charge is -2.53. The Bertz CT molecular complexity index is 1250. The van der Waals surface area contributed by atoms with E-state index in [-0.39, 0.29) is 23.7 Å². The van der Waals surface area contributed by atoms with Gasteiger partial charge in [0.05, 0.1) is 12.0 Å². The first-order valence-electron chi connectivity index (χ1n) is 17.2. The molecule has 0 amide bonds. The highest BCUT2D eigenvalue weighted by Crippen LogP contribution is 2.63. The van der Waals surface area contributed by atoms with Crippen LogP contribution in [0, 0.1) is 29.1 Å². The number of carboxylic acids is 1. The van der Waals surface area contributed by atoms with E-state index in [4.69, 9.17) is 0 Å². The fourth-order valence-corrected chi connectivity index (χ4v) is 9.06. The van der Waals surface area contributed by atoms with Crippen LogP contribution in [0.15, 0.2) is 18.2 Å². The summed E-state index contributed by atoms with van der Waals surface area (Å²) in [5, 5.41) is 30.4. The molecule has 4 nitrogen and oxygen atoms in total. The van der Waals surface area contributed by atoms with Crippen molar-refractivity contribution in [1.82, 2.24) is 0 Å². The van der Waals surface area contributed by atoms with Crippen LogP contribution in [-0.2, 0) is 11.2 Å². The van der Waals surface area contributed by atoms with Crippen LogP contribution in [0.1, 0.15) is 120 Å². The number of halogens is 9. The van der Waals surface area contributed by atoms with Crippen LogP contribution in [-0.4, -0.2) is 51.3 Å². The Morgan fingerprint density at radius 3 is 2.15 bits per heavy atom. The number of phenols is 1. The zero-order valence-electron chi connectivity index (χ0n) is 27.2. The number of aromatic hydroxyl groups is 1. The predicted octanol–water partition coefficient (Wildman–Crippen LogP) is 10.3. The number of hydrogen-bond acceptors (Lipinski definition) is 3. The van der Waals surface area contributed by atoms with Crippen molar-refractivity contribution in [3.05, 3.63) is 29.3 Å². The van der Waals surface area contributed by atoms with Crippen molar-refractivity contribution in [1.29, 1.82) is 0 Å². The fraction of sp³-hybridized carbons (Fsp3) is 0.800. The Hall–Kier alpha value is -2.18. The SMILES string of the molecule is C[C@]12CC[C@@H]3c4ccc(O)cc4CC(CCCCCCCC[C@@H](CCCC(F)(F)C(F)(F)C(F)(F)C(F)(F)F)C(=O)O)[C@H]3[C@@H]1CCC2O. The maximum atomic E-state index is 13.8. The smallest absolute Gasteiger partial charge is 0.460 e. The Kier molecular flexibility index (Phi) is 11.7. The van der Waals surface area contributed by atoms with E-state index >= 15 is 0 Å². The summed E-state index contributed by atoms with van der Waals surface area (Å²) in [5.41, 5.74) is 2.45. The molecule has 48 heavy (non-hydrogen) atoms. The monoisotopic (exact) mass is 702 g/mol. The van der Waals surface area contributed by atoms with Gasteiger partial charge in [0.1, 0.15) is 5.75 Å². The molecule has 0 bridgehead atoms. The zero-order chi connectivity index (χ0) is 35.7. The van der Waals surface area contributed by atoms with Crippen LogP contribution in [0.3, 0.4) is 0 Å². The highest BCUT2D eigenvalue weighted by Gasteiger charge is 2.81. The molecule has 2 saturated carbocycles. The maximum absolute atomic E-state index is 13.8. The molecule has 0 spiro atoms. The molecule has 0 heterocycles. The third-order valence-corrected chi connectivity index (χ3v) is 11.8. The lowest BCUT2D eigenvalue weighted by atomic mass is 9.52. The molecule has 1 aromatic rings. The number of phenolic OH excluding ortho intramolecular Hbond substituents is 1. The van der Waals surface area contributed by atoms with E-state index in [1.54, 1.807) is 6.07 Å². The maximum Gasteiger partial charge on any atom is 0.460 e. The Labute approximate surface area is 275 Å². The Morgan fingerprint density at radius 2 is 1.50 bits per heavy atom. The Morgan fingerprint density at radius 1 is 0.875 bits per heavy atom. The van der Waals surface area contributed by atoms with E-state index in [0.29, 0.717) is 36.5 Å². The van der Waals surface area contributed by atoms with Gasteiger partial charge in [-0.1, -0.05) is 51.5 Å². The summed E-state index contributed by atoms with van der Waals surface area (Å²) in [7, 11) is 0. The first-order chi connectivity index (χ1) is 22.2. The average Bonchev–Trinajstić information content (AvgIpc) is 3.29. The van der Waals surface area contributed by atoms with Crippen molar-refractivity contribution in [3.8, 4) is 5.75 Å². The summed E-state index contributed by atoms with van der Waals surface area (Å²) in [6.07, 6.45) is -0.270. The summed E-state index contributed by atoms with van der Waals surface area (Å²) in [4.78, 5) is 11.6. The van der Waals surface area contributed by atoms with Crippen LogP contribution < -0.4 is 0 Å². The van der Waals surface area contributed by atoms with Gasteiger partial charge >= 0.3 is 29.9 Å². The molecular formula is C35H47F9O4. The van der Waals surface area contributed by atoms with Gasteiger partial charge in [-0.05, 0) is 110 Å². The zero-order valence-corrected chi connectivity index (χ0v) is 27.2. The van der Waals surface area contributed by atoms with Crippen molar-refractivity contribution < 1.29 is 59.6 Å². The molecule has 274 valence electrons. The molecule has 3 aliphatic rings. The number of rotatable bonds is 16. The van der Waals surface area contributed by atoms with Crippen LogP contribution in [0.4, 0.5) is 39.5 Å². The van der Waals surface area contributed by atoms with Gasteiger partial charge in [0.25, 0.3) is 0 Å². The van der Waals surface area contributed by atoms with Gasteiger partial charge in [0, 0.05) is 6.42 Å². The van der Waals surface area contributed by atoms with Gasteiger partial charge in [-0.15, -0.1) is 0 Å². The highest BCUT2D eigenvalue weighted by atomic mass is 19.4. The number of unbranched alkanes of at least 4 members (excludes halogenated alkanes) is 5. The largest absolute Gasteiger partial charge is 0.508 e. The van der Waals surface area contributed by atoms with Crippen molar-refractivity contribution >= 4 is 5.97 Å².